The minimum Gasteiger partial charge on any atom is -0.379 e. The molecule has 2 aromatic rings. The van der Waals surface area contributed by atoms with Gasteiger partial charge in [-0.3, -0.25) is 4.90 Å². The van der Waals surface area contributed by atoms with E-state index in [0.717, 1.165) is 51.9 Å². The summed E-state index contributed by atoms with van der Waals surface area (Å²) in [6.07, 6.45) is 2.09. The maximum atomic E-state index is 5.47. The van der Waals surface area contributed by atoms with Crippen LogP contribution in [0.2, 0.25) is 0 Å². The maximum Gasteiger partial charge on any atom is 0.191 e. The third-order valence-corrected chi connectivity index (χ3v) is 5.73. The average Bonchev–Trinajstić information content (AvgIpc) is 2.77. The van der Waals surface area contributed by atoms with E-state index in [2.05, 4.69) is 77.2 Å². The number of hydrogen-bond acceptors (Lipinski definition) is 4. The Bertz CT molecular complexity index is 779. The number of morpholine rings is 1. The van der Waals surface area contributed by atoms with Crippen molar-refractivity contribution in [2.24, 2.45) is 4.99 Å². The number of nitrogens with one attached hydrogen (secondary N) is 2. The highest BCUT2D eigenvalue weighted by molar-refractivity contribution is 14.0. The second-order valence-corrected chi connectivity index (χ2v) is 7.93. The zero-order chi connectivity index (χ0) is 20.3. The van der Waals surface area contributed by atoms with Crippen molar-refractivity contribution in [3.8, 4) is 0 Å². The lowest BCUT2D eigenvalue weighted by molar-refractivity contribution is 0.0341. The van der Waals surface area contributed by atoms with Gasteiger partial charge in [-0.15, -0.1) is 35.7 Å². The van der Waals surface area contributed by atoms with Crippen molar-refractivity contribution < 1.29 is 4.74 Å². The number of guanidine groups is 1. The molecular weight excluding hydrogens is 507 g/mol. The molecule has 3 rings (SSSR count). The van der Waals surface area contributed by atoms with Crippen molar-refractivity contribution in [2.45, 2.75) is 31.5 Å². The summed E-state index contributed by atoms with van der Waals surface area (Å²) in [5.41, 5.74) is 3.90. The Balaban J connectivity index is 0.00000320. The first-order valence-electron chi connectivity index (χ1n) is 10.3. The molecule has 0 atom stereocenters. The van der Waals surface area contributed by atoms with E-state index in [0.29, 0.717) is 6.54 Å². The average molecular weight is 541 g/mol. The fourth-order valence-corrected chi connectivity index (χ4v) is 3.71. The Morgan fingerprint density at radius 2 is 1.73 bits per heavy atom. The second-order valence-electron chi connectivity index (χ2n) is 7.05. The summed E-state index contributed by atoms with van der Waals surface area (Å²) in [6, 6.07) is 17.3. The molecule has 0 aliphatic carbocycles. The standard InChI is InChI=1S/C23H32N4OS.HI/c1-3-24-23(25-16-19-8-10-22(29-2)11-9-19)26-17-20-6-4-5-7-21(20)18-27-12-14-28-15-13-27;/h4-11H,3,12-18H2,1-2H3,(H2,24,25,26);1H. The molecule has 0 radical (unpaired) electrons. The number of thioether (sulfide) groups is 1. The van der Waals surface area contributed by atoms with Gasteiger partial charge in [-0.05, 0) is 42.0 Å². The van der Waals surface area contributed by atoms with Gasteiger partial charge in [0, 0.05) is 37.6 Å². The molecule has 2 N–H and O–H groups in total. The van der Waals surface area contributed by atoms with Crippen molar-refractivity contribution in [3.05, 3.63) is 65.2 Å². The predicted octanol–water partition coefficient (Wildman–Crippen LogP) is 4.11. The van der Waals surface area contributed by atoms with Gasteiger partial charge in [-0.25, -0.2) is 4.99 Å². The molecule has 1 heterocycles. The van der Waals surface area contributed by atoms with Gasteiger partial charge in [0.15, 0.2) is 5.96 Å². The second kappa shape index (κ2) is 13.9. The lowest BCUT2D eigenvalue weighted by atomic mass is 10.1. The molecule has 30 heavy (non-hydrogen) atoms. The summed E-state index contributed by atoms with van der Waals surface area (Å²) in [5.74, 6) is 0.850. The van der Waals surface area contributed by atoms with Crippen LogP contribution < -0.4 is 10.6 Å². The number of rotatable bonds is 8. The molecule has 0 amide bonds. The zero-order valence-electron chi connectivity index (χ0n) is 17.9. The van der Waals surface area contributed by atoms with Crippen molar-refractivity contribution in [1.82, 2.24) is 15.5 Å². The van der Waals surface area contributed by atoms with E-state index in [4.69, 9.17) is 9.73 Å². The van der Waals surface area contributed by atoms with Crippen LogP contribution >= 0.6 is 35.7 Å². The van der Waals surface area contributed by atoms with Crippen molar-refractivity contribution in [3.63, 3.8) is 0 Å². The number of aliphatic imine (C=N–C) groups is 1. The first-order chi connectivity index (χ1) is 14.3. The van der Waals surface area contributed by atoms with E-state index in [9.17, 15) is 0 Å². The van der Waals surface area contributed by atoms with Crippen LogP contribution in [-0.2, 0) is 24.4 Å². The Kier molecular flexibility index (Phi) is 11.6. The summed E-state index contributed by atoms with van der Waals surface area (Å²) in [6.45, 7) is 8.99. The third-order valence-electron chi connectivity index (χ3n) is 4.99. The summed E-state index contributed by atoms with van der Waals surface area (Å²) < 4.78 is 5.47. The topological polar surface area (TPSA) is 48.9 Å². The fourth-order valence-electron chi connectivity index (χ4n) is 3.31. The van der Waals surface area contributed by atoms with Crippen LogP contribution in [0.4, 0.5) is 0 Å². The van der Waals surface area contributed by atoms with Gasteiger partial charge in [0.05, 0.1) is 19.8 Å². The highest BCUT2D eigenvalue weighted by Crippen LogP contribution is 2.15. The van der Waals surface area contributed by atoms with Crippen LogP contribution in [-0.4, -0.2) is 50.0 Å². The lowest BCUT2D eigenvalue weighted by Gasteiger charge is -2.27. The Morgan fingerprint density at radius 3 is 2.40 bits per heavy atom. The number of nitrogens with zero attached hydrogens (tertiary/aromatic N) is 2. The summed E-state index contributed by atoms with van der Waals surface area (Å²) in [4.78, 5) is 8.50. The largest absolute Gasteiger partial charge is 0.379 e. The molecule has 0 unspecified atom stereocenters. The van der Waals surface area contributed by atoms with Crippen molar-refractivity contribution in [1.29, 1.82) is 0 Å². The number of ether oxygens (including phenoxy) is 1. The molecule has 0 aromatic heterocycles. The summed E-state index contributed by atoms with van der Waals surface area (Å²) >= 11 is 1.76. The normalized spacial score (nSPS) is 14.8. The van der Waals surface area contributed by atoms with E-state index in [1.165, 1.54) is 21.6 Å². The van der Waals surface area contributed by atoms with Gasteiger partial charge in [0.25, 0.3) is 0 Å². The molecule has 0 spiro atoms. The molecule has 0 saturated carbocycles. The fraction of sp³-hybridized carbons (Fsp3) is 0.435. The molecule has 1 aliphatic rings. The summed E-state index contributed by atoms with van der Waals surface area (Å²) in [5, 5.41) is 6.85. The monoisotopic (exact) mass is 540 g/mol. The SMILES string of the molecule is CCNC(=NCc1ccc(SC)cc1)NCc1ccccc1CN1CCOCC1.I. The zero-order valence-corrected chi connectivity index (χ0v) is 21.0. The highest BCUT2D eigenvalue weighted by Gasteiger charge is 2.12. The van der Waals surface area contributed by atoms with E-state index in [-0.39, 0.29) is 24.0 Å². The van der Waals surface area contributed by atoms with Gasteiger partial charge in [-0.2, -0.15) is 0 Å². The maximum absolute atomic E-state index is 5.47. The minimum absolute atomic E-state index is 0. The van der Waals surface area contributed by atoms with Crippen LogP contribution in [0, 0.1) is 0 Å². The Hall–Kier alpha value is -1.29. The van der Waals surface area contributed by atoms with Gasteiger partial charge in [0.1, 0.15) is 0 Å². The molecule has 0 bridgehead atoms. The van der Waals surface area contributed by atoms with E-state index in [1.54, 1.807) is 11.8 Å². The van der Waals surface area contributed by atoms with Crippen molar-refractivity contribution >= 4 is 41.7 Å². The molecule has 1 aliphatic heterocycles. The molecule has 164 valence electrons. The molecular formula is C23H33IN4OS. The van der Waals surface area contributed by atoms with E-state index in [1.807, 2.05) is 0 Å². The molecule has 7 heteroatoms. The summed E-state index contributed by atoms with van der Waals surface area (Å²) in [7, 11) is 0. The lowest BCUT2D eigenvalue weighted by Crippen LogP contribution is -2.38. The van der Waals surface area contributed by atoms with Gasteiger partial charge >= 0.3 is 0 Å². The molecule has 2 aromatic carbocycles. The van der Waals surface area contributed by atoms with Crippen LogP contribution in [0.1, 0.15) is 23.6 Å². The van der Waals surface area contributed by atoms with Crippen LogP contribution in [0.3, 0.4) is 0 Å². The Labute approximate surface area is 202 Å². The number of benzene rings is 2. The van der Waals surface area contributed by atoms with Crippen LogP contribution in [0.15, 0.2) is 58.4 Å². The van der Waals surface area contributed by atoms with Gasteiger partial charge in [-0.1, -0.05) is 36.4 Å². The smallest absolute Gasteiger partial charge is 0.191 e. The molecule has 5 nitrogen and oxygen atoms in total. The Morgan fingerprint density at radius 1 is 1.03 bits per heavy atom. The first-order valence-corrected chi connectivity index (χ1v) is 11.5. The number of hydrogen-bond donors (Lipinski definition) is 2. The quantitative estimate of drug-likeness (QED) is 0.229. The van der Waals surface area contributed by atoms with Gasteiger partial charge < -0.3 is 15.4 Å². The van der Waals surface area contributed by atoms with Gasteiger partial charge in [0.2, 0.25) is 0 Å². The van der Waals surface area contributed by atoms with Crippen molar-refractivity contribution in [2.75, 3.05) is 39.1 Å². The van der Waals surface area contributed by atoms with E-state index >= 15 is 0 Å². The minimum atomic E-state index is 0. The van der Waals surface area contributed by atoms with Crippen LogP contribution in [0.5, 0.6) is 0 Å². The third kappa shape index (κ3) is 8.09. The molecule has 1 fully saturated rings. The van der Waals surface area contributed by atoms with Crippen LogP contribution in [0.25, 0.3) is 0 Å². The number of halogens is 1. The first kappa shape index (κ1) is 25.0. The highest BCUT2D eigenvalue weighted by atomic mass is 127. The predicted molar refractivity (Wildman–Crippen MR) is 138 cm³/mol. The van der Waals surface area contributed by atoms with E-state index < -0.39 is 0 Å². The molecule has 1 saturated heterocycles.